The fourth-order valence-electron chi connectivity index (χ4n) is 2.95. The van der Waals surface area contributed by atoms with E-state index in [1.54, 1.807) is 12.1 Å². The van der Waals surface area contributed by atoms with Crippen LogP contribution >= 0.6 is 0 Å². The molecule has 1 N–H and O–H groups in total. The normalized spacial score (nSPS) is 17.2. The van der Waals surface area contributed by atoms with Gasteiger partial charge in [0.2, 0.25) is 22.7 Å². The van der Waals surface area contributed by atoms with Gasteiger partial charge >= 0.3 is 0 Å². The average molecular weight is 388 g/mol. The van der Waals surface area contributed by atoms with Crippen molar-refractivity contribution in [1.29, 1.82) is 0 Å². The predicted octanol–water partition coefficient (Wildman–Crippen LogP) is 1.41. The third-order valence-electron chi connectivity index (χ3n) is 4.33. The Morgan fingerprint density at radius 1 is 1.07 bits per heavy atom. The number of carbonyl (C=O) groups is 2. The Balaban J connectivity index is 1.43. The van der Waals surface area contributed by atoms with Gasteiger partial charge in [-0.15, -0.1) is 0 Å². The third-order valence-corrected chi connectivity index (χ3v) is 6.02. The zero-order valence-electron chi connectivity index (χ0n) is 14.2. The number of hydrogen-bond donors (Lipinski definition) is 1. The van der Waals surface area contributed by atoms with Gasteiger partial charge in [0.15, 0.2) is 11.5 Å². The number of sulfonamides is 1. The number of hydrogen-bond acceptors (Lipinski definition) is 6. The van der Waals surface area contributed by atoms with Crippen LogP contribution in [0.5, 0.6) is 11.5 Å². The van der Waals surface area contributed by atoms with E-state index in [1.165, 1.54) is 24.3 Å². The van der Waals surface area contributed by atoms with Crippen molar-refractivity contribution in [2.24, 2.45) is 0 Å². The van der Waals surface area contributed by atoms with Crippen LogP contribution in [0.3, 0.4) is 0 Å². The van der Waals surface area contributed by atoms with Gasteiger partial charge in [0, 0.05) is 18.5 Å². The van der Waals surface area contributed by atoms with Crippen LogP contribution in [0.25, 0.3) is 0 Å². The molecule has 1 saturated heterocycles. The van der Waals surface area contributed by atoms with Gasteiger partial charge in [-0.3, -0.25) is 9.59 Å². The maximum Gasteiger partial charge on any atom is 0.251 e. The van der Waals surface area contributed by atoms with E-state index in [0.29, 0.717) is 23.6 Å². The van der Waals surface area contributed by atoms with Crippen molar-refractivity contribution in [3.63, 3.8) is 0 Å². The van der Waals surface area contributed by atoms with Crippen LogP contribution in [0.4, 0.5) is 5.69 Å². The van der Waals surface area contributed by atoms with Crippen LogP contribution in [0.2, 0.25) is 0 Å². The lowest BCUT2D eigenvalue weighted by Crippen LogP contribution is -2.29. The molecule has 4 rings (SSSR count). The summed E-state index contributed by atoms with van der Waals surface area (Å²) in [6.07, 6.45) is -0.0277. The smallest absolute Gasteiger partial charge is 0.251 e. The summed E-state index contributed by atoms with van der Waals surface area (Å²) in [6.45, 7) is 0.489. The summed E-state index contributed by atoms with van der Waals surface area (Å²) in [6, 6.07) is 11.3. The van der Waals surface area contributed by atoms with Gasteiger partial charge in [0.05, 0.1) is 11.4 Å². The molecule has 2 aromatic rings. The van der Waals surface area contributed by atoms with E-state index in [1.807, 2.05) is 6.07 Å². The molecular formula is C18H16N2O6S. The highest BCUT2D eigenvalue weighted by atomic mass is 32.2. The molecule has 2 aliphatic heterocycles. The summed E-state index contributed by atoms with van der Waals surface area (Å²) in [5.41, 5.74) is 1.46. The molecule has 8 nitrogen and oxygen atoms in total. The van der Waals surface area contributed by atoms with Gasteiger partial charge in [-0.2, -0.15) is 0 Å². The number of ether oxygens (including phenoxy) is 2. The van der Waals surface area contributed by atoms with Gasteiger partial charge in [-0.1, -0.05) is 6.07 Å². The minimum atomic E-state index is -3.61. The molecule has 9 heteroatoms. The summed E-state index contributed by atoms with van der Waals surface area (Å²) >= 11 is 0. The quantitative estimate of drug-likeness (QED) is 0.850. The highest BCUT2D eigenvalue weighted by Crippen LogP contribution is 2.32. The lowest BCUT2D eigenvalue weighted by molar-refractivity contribution is -0.116. The maximum absolute atomic E-state index is 12.3. The Morgan fingerprint density at radius 2 is 1.81 bits per heavy atom. The highest BCUT2D eigenvalue weighted by Gasteiger charge is 2.36. The summed E-state index contributed by atoms with van der Waals surface area (Å²) in [5, 5.41) is 2.79. The molecule has 2 amide bonds. The van der Waals surface area contributed by atoms with E-state index >= 15 is 0 Å². The van der Waals surface area contributed by atoms with Crippen molar-refractivity contribution >= 4 is 27.5 Å². The fraction of sp³-hybridized carbons (Fsp3) is 0.222. The molecule has 2 aromatic carbocycles. The molecular weight excluding hydrogens is 372 g/mol. The van der Waals surface area contributed by atoms with E-state index in [-0.39, 0.29) is 30.6 Å². The van der Waals surface area contributed by atoms with Crippen LogP contribution in [-0.4, -0.2) is 32.8 Å². The fourth-order valence-corrected chi connectivity index (χ4v) is 4.41. The Bertz CT molecular complexity index is 1020. The number of fused-ring (bicyclic) bond motifs is 1. The van der Waals surface area contributed by atoms with Gasteiger partial charge in [0.25, 0.3) is 5.91 Å². The molecule has 1 fully saturated rings. The third kappa shape index (κ3) is 3.33. The number of amides is 2. The molecule has 2 heterocycles. The molecule has 0 saturated carbocycles. The van der Waals surface area contributed by atoms with E-state index in [2.05, 4.69) is 5.32 Å². The zero-order chi connectivity index (χ0) is 19.0. The first-order valence-electron chi connectivity index (χ1n) is 8.27. The van der Waals surface area contributed by atoms with E-state index < -0.39 is 15.9 Å². The number of benzene rings is 2. The number of nitrogens with zero attached hydrogens (tertiary/aromatic N) is 1. The van der Waals surface area contributed by atoms with Crippen molar-refractivity contribution in [2.75, 3.05) is 16.9 Å². The topological polar surface area (TPSA) is 102 Å². The lowest BCUT2D eigenvalue weighted by atomic mass is 10.1. The van der Waals surface area contributed by atoms with Gasteiger partial charge in [-0.25, -0.2) is 12.7 Å². The Morgan fingerprint density at radius 3 is 2.52 bits per heavy atom. The first kappa shape index (κ1) is 17.3. The average Bonchev–Trinajstić information content (AvgIpc) is 3.23. The molecule has 27 heavy (non-hydrogen) atoms. The second-order valence-electron chi connectivity index (χ2n) is 6.14. The molecule has 0 radical (unpaired) electrons. The van der Waals surface area contributed by atoms with E-state index in [9.17, 15) is 18.0 Å². The minimum Gasteiger partial charge on any atom is -0.454 e. The Kier molecular flexibility index (Phi) is 4.23. The Labute approximate surface area is 155 Å². The molecule has 0 aliphatic carbocycles. The zero-order valence-corrected chi connectivity index (χ0v) is 15.0. The lowest BCUT2D eigenvalue weighted by Gasteiger charge is -2.15. The first-order valence-corrected chi connectivity index (χ1v) is 9.87. The minimum absolute atomic E-state index is 0.0277. The molecule has 0 bridgehead atoms. The van der Waals surface area contributed by atoms with E-state index in [4.69, 9.17) is 9.47 Å². The van der Waals surface area contributed by atoms with Crippen molar-refractivity contribution in [1.82, 2.24) is 5.32 Å². The number of anilines is 1. The summed E-state index contributed by atoms with van der Waals surface area (Å²) in [5.74, 6) is 0.350. The van der Waals surface area contributed by atoms with E-state index in [0.717, 1.165) is 9.87 Å². The second kappa shape index (κ2) is 6.58. The van der Waals surface area contributed by atoms with Crippen LogP contribution < -0.4 is 19.1 Å². The molecule has 2 aliphatic rings. The number of nitrogens with one attached hydrogen (secondary N) is 1. The first-order chi connectivity index (χ1) is 12.9. The summed E-state index contributed by atoms with van der Waals surface area (Å²) in [7, 11) is -3.61. The standard InChI is InChI=1S/C18H16N2O6S/c21-17-7-8-27(23,24)20(17)14-4-2-13(3-5-14)18(22)19-10-12-1-6-15-16(9-12)26-11-25-15/h1-6,9H,7-8,10-11H2,(H,19,22). The molecule has 0 atom stereocenters. The molecule has 0 spiro atoms. The van der Waals surface area contributed by atoms with Crippen LogP contribution in [0, 0.1) is 0 Å². The SMILES string of the molecule is O=C(NCc1ccc2c(c1)OCO2)c1ccc(N2C(=O)CCS2(=O)=O)cc1. The monoisotopic (exact) mass is 388 g/mol. The maximum atomic E-state index is 12.3. The van der Waals surface area contributed by atoms with Crippen molar-refractivity contribution < 1.29 is 27.5 Å². The van der Waals surface area contributed by atoms with Crippen molar-refractivity contribution in [3.8, 4) is 11.5 Å². The van der Waals surface area contributed by atoms with Crippen LogP contribution in [-0.2, 0) is 21.4 Å². The van der Waals surface area contributed by atoms with Gasteiger partial charge in [0.1, 0.15) is 0 Å². The number of rotatable bonds is 4. The number of carbonyl (C=O) groups excluding carboxylic acids is 2. The Hall–Kier alpha value is -3.07. The van der Waals surface area contributed by atoms with Crippen molar-refractivity contribution in [2.45, 2.75) is 13.0 Å². The van der Waals surface area contributed by atoms with Crippen LogP contribution in [0.1, 0.15) is 22.3 Å². The highest BCUT2D eigenvalue weighted by molar-refractivity contribution is 7.94. The van der Waals surface area contributed by atoms with Gasteiger partial charge in [-0.05, 0) is 42.0 Å². The summed E-state index contributed by atoms with van der Waals surface area (Å²) in [4.78, 5) is 24.1. The molecule has 140 valence electrons. The molecule has 0 aromatic heterocycles. The van der Waals surface area contributed by atoms with Crippen LogP contribution in [0.15, 0.2) is 42.5 Å². The van der Waals surface area contributed by atoms with Crippen molar-refractivity contribution in [3.05, 3.63) is 53.6 Å². The summed E-state index contributed by atoms with van der Waals surface area (Å²) < 4.78 is 35.2. The predicted molar refractivity (Wildman–Crippen MR) is 96.1 cm³/mol. The largest absolute Gasteiger partial charge is 0.454 e. The second-order valence-corrected chi connectivity index (χ2v) is 8.08. The van der Waals surface area contributed by atoms with Gasteiger partial charge < -0.3 is 14.8 Å². The molecule has 0 unspecified atom stereocenters.